The summed E-state index contributed by atoms with van der Waals surface area (Å²) in [5.74, 6) is 0.599. The minimum Gasteiger partial charge on any atom is -0.329 e. The zero-order chi connectivity index (χ0) is 19.9. The fourth-order valence-electron chi connectivity index (χ4n) is 3.85. The van der Waals surface area contributed by atoms with E-state index in [0.717, 1.165) is 45.1 Å². The van der Waals surface area contributed by atoms with Crippen molar-refractivity contribution < 1.29 is 9.59 Å². The molecule has 1 heterocycles. The number of carbonyl (C=O) groups is 2. The number of rotatable bonds is 14. The van der Waals surface area contributed by atoms with E-state index in [1.807, 2.05) is 0 Å². The summed E-state index contributed by atoms with van der Waals surface area (Å²) in [6.07, 6.45) is 3.76. The van der Waals surface area contributed by atoms with Crippen molar-refractivity contribution in [1.82, 2.24) is 20.9 Å². The van der Waals surface area contributed by atoms with Crippen molar-refractivity contribution in [2.45, 2.75) is 33.6 Å². The Labute approximate surface area is 163 Å². The summed E-state index contributed by atoms with van der Waals surface area (Å²) < 4.78 is 0. The second-order valence-corrected chi connectivity index (χ2v) is 8.30. The number of imide groups is 1. The van der Waals surface area contributed by atoms with Crippen LogP contribution in [-0.2, 0) is 9.59 Å². The van der Waals surface area contributed by atoms with Crippen LogP contribution in [0.25, 0.3) is 0 Å². The van der Waals surface area contributed by atoms with Crippen LogP contribution in [0.1, 0.15) is 33.6 Å². The monoisotopic (exact) mass is 379 g/mol. The SMILES string of the molecule is CC(CC1(C)CC1C)C1=CC(=O)N(CCNCCNCCNCCN)C1=O. The lowest BCUT2D eigenvalue weighted by Gasteiger charge is -2.20. The van der Waals surface area contributed by atoms with Gasteiger partial charge in [0.1, 0.15) is 0 Å². The molecule has 5 N–H and O–H groups in total. The minimum atomic E-state index is -0.165. The molecule has 0 radical (unpaired) electrons. The molecule has 1 aliphatic heterocycles. The van der Waals surface area contributed by atoms with Crippen LogP contribution < -0.4 is 21.7 Å². The van der Waals surface area contributed by atoms with Gasteiger partial charge < -0.3 is 21.7 Å². The van der Waals surface area contributed by atoms with Crippen LogP contribution in [0.3, 0.4) is 0 Å². The Morgan fingerprint density at radius 1 is 1.15 bits per heavy atom. The van der Waals surface area contributed by atoms with Crippen molar-refractivity contribution in [2.24, 2.45) is 23.0 Å². The Morgan fingerprint density at radius 3 is 2.26 bits per heavy atom. The van der Waals surface area contributed by atoms with Gasteiger partial charge in [-0.2, -0.15) is 0 Å². The molecule has 1 aliphatic carbocycles. The number of hydrogen-bond acceptors (Lipinski definition) is 6. The molecular formula is C20H37N5O2. The summed E-state index contributed by atoms with van der Waals surface area (Å²) in [5, 5.41) is 9.82. The Morgan fingerprint density at radius 2 is 1.70 bits per heavy atom. The second-order valence-electron chi connectivity index (χ2n) is 8.30. The minimum absolute atomic E-state index is 0.102. The number of nitrogens with zero attached hydrogens (tertiary/aromatic N) is 1. The topological polar surface area (TPSA) is 99.5 Å². The van der Waals surface area contributed by atoms with Gasteiger partial charge in [-0.05, 0) is 30.1 Å². The molecule has 3 unspecified atom stereocenters. The van der Waals surface area contributed by atoms with Crippen molar-refractivity contribution in [3.8, 4) is 0 Å². The third-order valence-electron chi connectivity index (χ3n) is 5.93. The van der Waals surface area contributed by atoms with Gasteiger partial charge in [0.15, 0.2) is 0 Å². The van der Waals surface area contributed by atoms with Crippen LogP contribution in [0.2, 0.25) is 0 Å². The summed E-state index contributed by atoms with van der Waals surface area (Å²) >= 11 is 0. The normalized spacial score (nSPS) is 25.9. The van der Waals surface area contributed by atoms with E-state index in [4.69, 9.17) is 5.73 Å². The van der Waals surface area contributed by atoms with Crippen LogP contribution in [0.15, 0.2) is 11.6 Å². The average Bonchev–Trinajstić information content (AvgIpc) is 3.10. The fourth-order valence-corrected chi connectivity index (χ4v) is 3.85. The van der Waals surface area contributed by atoms with Gasteiger partial charge in [0.2, 0.25) is 0 Å². The summed E-state index contributed by atoms with van der Waals surface area (Å²) in [4.78, 5) is 26.2. The molecular weight excluding hydrogens is 342 g/mol. The summed E-state index contributed by atoms with van der Waals surface area (Å²) in [5.41, 5.74) is 6.43. The second kappa shape index (κ2) is 10.3. The number of carbonyl (C=O) groups excluding carboxylic acids is 2. The van der Waals surface area contributed by atoms with Crippen LogP contribution in [-0.4, -0.2) is 69.1 Å². The number of nitrogens with two attached hydrogens (primary N) is 1. The highest BCUT2D eigenvalue weighted by atomic mass is 16.2. The summed E-state index contributed by atoms with van der Waals surface area (Å²) in [6.45, 7) is 12.6. The van der Waals surface area contributed by atoms with Gasteiger partial charge in [-0.15, -0.1) is 0 Å². The van der Waals surface area contributed by atoms with Crippen molar-refractivity contribution in [2.75, 3.05) is 52.4 Å². The molecule has 0 aromatic rings. The molecule has 0 aromatic carbocycles. The maximum atomic E-state index is 12.6. The van der Waals surface area contributed by atoms with E-state index in [9.17, 15) is 9.59 Å². The van der Waals surface area contributed by atoms with Gasteiger partial charge in [0.05, 0.1) is 0 Å². The van der Waals surface area contributed by atoms with Crippen LogP contribution >= 0.6 is 0 Å². The molecule has 2 aliphatic rings. The van der Waals surface area contributed by atoms with Crippen LogP contribution in [0, 0.1) is 17.3 Å². The highest BCUT2D eigenvalue weighted by Crippen LogP contribution is 2.56. The van der Waals surface area contributed by atoms with E-state index < -0.39 is 0 Å². The molecule has 3 atom stereocenters. The standard InChI is InChI=1S/C20H37N5O2/c1-15(13-20(3)14-16(20)2)17-12-18(26)25(19(17)27)11-10-24-9-8-23-7-6-22-5-4-21/h12,15-16,22-24H,4-11,13-14,21H2,1-3H3. The highest BCUT2D eigenvalue weighted by molar-refractivity contribution is 6.16. The first-order valence-electron chi connectivity index (χ1n) is 10.3. The Kier molecular flexibility index (Phi) is 8.41. The Bertz CT molecular complexity index is 550. The third kappa shape index (κ3) is 6.38. The third-order valence-corrected chi connectivity index (χ3v) is 5.93. The Balaban J connectivity index is 1.60. The van der Waals surface area contributed by atoms with Gasteiger partial charge in [-0.25, -0.2) is 0 Å². The van der Waals surface area contributed by atoms with E-state index >= 15 is 0 Å². The van der Waals surface area contributed by atoms with Gasteiger partial charge in [0.25, 0.3) is 11.8 Å². The van der Waals surface area contributed by atoms with Crippen LogP contribution in [0.5, 0.6) is 0 Å². The van der Waals surface area contributed by atoms with E-state index in [1.54, 1.807) is 6.08 Å². The molecule has 2 amide bonds. The highest BCUT2D eigenvalue weighted by Gasteiger charge is 2.48. The lowest BCUT2D eigenvalue weighted by atomic mass is 9.88. The molecule has 154 valence electrons. The van der Waals surface area contributed by atoms with Crippen molar-refractivity contribution in [1.29, 1.82) is 0 Å². The molecule has 0 spiro atoms. The van der Waals surface area contributed by atoms with Gasteiger partial charge in [-0.3, -0.25) is 14.5 Å². The number of nitrogens with one attached hydrogen (secondary N) is 3. The van der Waals surface area contributed by atoms with E-state index in [1.165, 1.54) is 11.3 Å². The van der Waals surface area contributed by atoms with Gasteiger partial charge >= 0.3 is 0 Å². The molecule has 7 heteroatoms. The summed E-state index contributed by atoms with van der Waals surface area (Å²) in [7, 11) is 0. The van der Waals surface area contributed by atoms with E-state index in [-0.39, 0.29) is 17.7 Å². The van der Waals surface area contributed by atoms with Crippen molar-refractivity contribution in [3.63, 3.8) is 0 Å². The Hall–Kier alpha value is -1.28. The predicted octanol–water partition coefficient (Wildman–Crippen LogP) is 0.0814. The zero-order valence-electron chi connectivity index (χ0n) is 17.1. The molecule has 7 nitrogen and oxygen atoms in total. The molecule has 0 aromatic heterocycles. The first kappa shape index (κ1) is 22.0. The molecule has 1 saturated carbocycles. The molecule has 2 rings (SSSR count). The quantitative estimate of drug-likeness (QED) is 0.252. The molecule has 0 bridgehead atoms. The van der Waals surface area contributed by atoms with Crippen LogP contribution in [0.4, 0.5) is 0 Å². The van der Waals surface area contributed by atoms with Gasteiger partial charge in [-0.1, -0.05) is 20.8 Å². The lowest BCUT2D eigenvalue weighted by Crippen LogP contribution is -2.39. The first-order valence-corrected chi connectivity index (χ1v) is 10.3. The average molecular weight is 380 g/mol. The molecule has 27 heavy (non-hydrogen) atoms. The lowest BCUT2D eigenvalue weighted by molar-refractivity contribution is -0.137. The maximum absolute atomic E-state index is 12.6. The zero-order valence-corrected chi connectivity index (χ0v) is 17.1. The molecule has 0 saturated heterocycles. The summed E-state index contributed by atoms with van der Waals surface area (Å²) in [6, 6.07) is 0. The van der Waals surface area contributed by atoms with E-state index in [0.29, 0.717) is 30.6 Å². The predicted molar refractivity (Wildman–Crippen MR) is 108 cm³/mol. The van der Waals surface area contributed by atoms with E-state index in [2.05, 4.69) is 36.7 Å². The smallest absolute Gasteiger partial charge is 0.257 e. The molecule has 1 fully saturated rings. The number of hydrogen-bond donors (Lipinski definition) is 4. The number of amides is 2. The van der Waals surface area contributed by atoms with Crippen molar-refractivity contribution in [3.05, 3.63) is 11.6 Å². The fraction of sp³-hybridized carbons (Fsp3) is 0.800. The van der Waals surface area contributed by atoms with Gasteiger partial charge in [0, 0.05) is 64.0 Å². The van der Waals surface area contributed by atoms with Crippen molar-refractivity contribution >= 4 is 11.8 Å². The largest absolute Gasteiger partial charge is 0.329 e. The maximum Gasteiger partial charge on any atom is 0.257 e. The first-order chi connectivity index (χ1) is 12.9.